The van der Waals surface area contributed by atoms with Gasteiger partial charge in [0, 0.05) is 38.8 Å². The van der Waals surface area contributed by atoms with Gasteiger partial charge in [-0.05, 0) is 50.3 Å². The smallest absolute Gasteiger partial charge is 0.253 e. The van der Waals surface area contributed by atoms with Crippen LogP contribution in [0, 0.1) is 5.92 Å². The van der Waals surface area contributed by atoms with Crippen LogP contribution in [0.5, 0.6) is 0 Å². The number of nitrogens with one attached hydrogen (secondary N) is 2. The zero-order valence-corrected chi connectivity index (χ0v) is 20.7. The molecular formula is C22H39IN4O. The number of halogens is 1. The molecule has 0 fully saturated rings. The number of hydrogen-bond acceptors (Lipinski definition) is 2. The van der Waals surface area contributed by atoms with Crippen LogP contribution in [-0.4, -0.2) is 50.0 Å². The predicted octanol–water partition coefficient (Wildman–Crippen LogP) is 4.32. The zero-order chi connectivity index (χ0) is 20.2. The molecule has 0 radical (unpaired) electrons. The number of carbonyl (C=O) groups is 1. The Morgan fingerprint density at radius 2 is 1.89 bits per heavy atom. The highest BCUT2D eigenvalue weighted by atomic mass is 127. The van der Waals surface area contributed by atoms with Crippen molar-refractivity contribution in [3.8, 4) is 0 Å². The Labute approximate surface area is 188 Å². The number of nitrogens with zero attached hydrogens (tertiary/aromatic N) is 2. The summed E-state index contributed by atoms with van der Waals surface area (Å²) in [6.45, 7) is 10.4. The monoisotopic (exact) mass is 502 g/mol. The quantitative estimate of drug-likeness (QED) is 0.285. The van der Waals surface area contributed by atoms with Crippen LogP contribution in [0.3, 0.4) is 0 Å². The molecule has 0 bridgehead atoms. The lowest BCUT2D eigenvalue weighted by atomic mass is 10.0. The van der Waals surface area contributed by atoms with E-state index in [1.54, 1.807) is 19.0 Å². The van der Waals surface area contributed by atoms with E-state index in [9.17, 15) is 4.79 Å². The first-order valence-electron chi connectivity index (χ1n) is 10.2. The van der Waals surface area contributed by atoms with E-state index in [0.29, 0.717) is 12.6 Å². The van der Waals surface area contributed by atoms with Gasteiger partial charge < -0.3 is 15.5 Å². The molecule has 28 heavy (non-hydrogen) atoms. The molecule has 1 rings (SSSR count). The molecule has 0 aromatic heterocycles. The van der Waals surface area contributed by atoms with Crippen molar-refractivity contribution < 1.29 is 4.79 Å². The molecular weight excluding hydrogens is 463 g/mol. The highest BCUT2D eigenvalue weighted by Crippen LogP contribution is 2.09. The van der Waals surface area contributed by atoms with Gasteiger partial charge in [-0.15, -0.1) is 24.0 Å². The number of carbonyl (C=O) groups excluding carboxylic acids is 1. The summed E-state index contributed by atoms with van der Waals surface area (Å²) in [5.74, 6) is 1.66. The van der Waals surface area contributed by atoms with Crippen molar-refractivity contribution >= 4 is 35.8 Å². The third kappa shape index (κ3) is 10.9. The average molecular weight is 502 g/mol. The van der Waals surface area contributed by atoms with Gasteiger partial charge in [-0.2, -0.15) is 0 Å². The molecule has 0 aliphatic heterocycles. The van der Waals surface area contributed by atoms with E-state index >= 15 is 0 Å². The third-order valence-corrected chi connectivity index (χ3v) is 4.40. The van der Waals surface area contributed by atoms with E-state index < -0.39 is 0 Å². The molecule has 6 heteroatoms. The molecule has 2 N–H and O–H groups in total. The number of aliphatic imine (C=N–C) groups is 1. The van der Waals surface area contributed by atoms with Crippen LogP contribution in [0.4, 0.5) is 0 Å². The van der Waals surface area contributed by atoms with Gasteiger partial charge in [0.05, 0.1) is 0 Å². The molecule has 0 aliphatic carbocycles. The van der Waals surface area contributed by atoms with Crippen LogP contribution in [0.25, 0.3) is 0 Å². The van der Waals surface area contributed by atoms with Crippen LogP contribution < -0.4 is 10.6 Å². The van der Waals surface area contributed by atoms with Crippen molar-refractivity contribution in [2.45, 2.75) is 59.4 Å². The molecule has 5 nitrogen and oxygen atoms in total. The second-order valence-corrected chi connectivity index (χ2v) is 7.78. The van der Waals surface area contributed by atoms with Crippen molar-refractivity contribution in [3.63, 3.8) is 0 Å². The van der Waals surface area contributed by atoms with E-state index in [4.69, 9.17) is 4.99 Å². The van der Waals surface area contributed by atoms with Crippen molar-refractivity contribution in [1.29, 1.82) is 0 Å². The van der Waals surface area contributed by atoms with Crippen LogP contribution in [0.1, 0.15) is 62.9 Å². The van der Waals surface area contributed by atoms with E-state index in [2.05, 4.69) is 44.4 Å². The molecule has 1 atom stereocenters. The Hall–Kier alpha value is -1.31. The number of amides is 1. The van der Waals surface area contributed by atoms with E-state index in [-0.39, 0.29) is 29.9 Å². The number of rotatable bonds is 10. The lowest BCUT2D eigenvalue weighted by Crippen LogP contribution is -2.42. The average Bonchev–Trinajstić information content (AvgIpc) is 2.61. The Morgan fingerprint density at radius 1 is 1.18 bits per heavy atom. The van der Waals surface area contributed by atoms with E-state index in [1.165, 1.54) is 12.8 Å². The largest absolute Gasteiger partial charge is 0.357 e. The fraction of sp³-hybridized carbons (Fsp3) is 0.636. The summed E-state index contributed by atoms with van der Waals surface area (Å²) < 4.78 is 0. The Morgan fingerprint density at radius 3 is 2.50 bits per heavy atom. The van der Waals surface area contributed by atoms with Crippen LogP contribution in [0.15, 0.2) is 29.3 Å². The SMILES string of the molecule is CCNC(=NCCc1cccc(C(=O)N(C)C)c1)NC(C)CCCC(C)C.I. The fourth-order valence-corrected chi connectivity index (χ4v) is 2.87. The minimum absolute atomic E-state index is 0. The van der Waals surface area contributed by atoms with Gasteiger partial charge in [-0.3, -0.25) is 9.79 Å². The first-order chi connectivity index (χ1) is 12.8. The molecule has 160 valence electrons. The number of guanidine groups is 1. The fourth-order valence-electron chi connectivity index (χ4n) is 2.87. The highest BCUT2D eigenvalue weighted by Gasteiger charge is 2.08. The molecule has 0 saturated heterocycles. The third-order valence-electron chi connectivity index (χ3n) is 4.40. The highest BCUT2D eigenvalue weighted by molar-refractivity contribution is 14.0. The van der Waals surface area contributed by atoms with Crippen molar-refractivity contribution in [3.05, 3.63) is 35.4 Å². The first kappa shape index (κ1) is 26.7. The number of hydrogen-bond donors (Lipinski definition) is 2. The summed E-state index contributed by atoms with van der Waals surface area (Å²) in [6, 6.07) is 8.22. The maximum absolute atomic E-state index is 12.1. The standard InChI is InChI=1S/C22H38N4O.HI/c1-7-23-22(25-18(4)11-8-10-17(2)3)24-15-14-19-12-9-13-20(16-19)21(27)26(5)6;/h9,12-13,16-18H,7-8,10-11,14-15H2,1-6H3,(H2,23,24,25);1H. The molecule has 1 amide bonds. The van der Waals surface area contributed by atoms with Gasteiger partial charge in [-0.25, -0.2) is 0 Å². The van der Waals surface area contributed by atoms with Crippen molar-refractivity contribution in [2.24, 2.45) is 10.9 Å². The van der Waals surface area contributed by atoms with Gasteiger partial charge in [0.2, 0.25) is 0 Å². The van der Waals surface area contributed by atoms with Gasteiger partial charge in [0.1, 0.15) is 0 Å². The minimum Gasteiger partial charge on any atom is -0.357 e. The summed E-state index contributed by atoms with van der Waals surface area (Å²) in [7, 11) is 3.55. The van der Waals surface area contributed by atoms with E-state index in [0.717, 1.165) is 42.4 Å². The lowest BCUT2D eigenvalue weighted by molar-refractivity contribution is 0.0827. The summed E-state index contributed by atoms with van der Waals surface area (Å²) >= 11 is 0. The predicted molar refractivity (Wildman–Crippen MR) is 131 cm³/mol. The first-order valence-corrected chi connectivity index (χ1v) is 10.2. The maximum Gasteiger partial charge on any atom is 0.253 e. The Balaban J connectivity index is 0.00000729. The molecule has 0 spiro atoms. The van der Waals surface area contributed by atoms with Gasteiger partial charge in [-0.1, -0.05) is 38.8 Å². The summed E-state index contributed by atoms with van der Waals surface area (Å²) in [5.41, 5.74) is 1.86. The van der Waals surface area contributed by atoms with Crippen LogP contribution in [0.2, 0.25) is 0 Å². The van der Waals surface area contributed by atoms with Crippen LogP contribution in [-0.2, 0) is 6.42 Å². The molecule has 0 saturated carbocycles. The molecule has 1 unspecified atom stereocenters. The Kier molecular flexibility index (Phi) is 14.0. The van der Waals surface area contributed by atoms with Crippen LogP contribution >= 0.6 is 24.0 Å². The minimum atomic E-state index is 0. The van der Waals surface area contributed by atoms with E-state index in [1.807, 2.05) is 18.2 Å². The second kappa shape index (κ2) is 14.7. The topological polar surface area (TPSA) is 56.7 Å². The summed E-state index contributed by atoms with van der Waals surface area (Å²) in [5, 5.41) is 6.82. The Bertz CT molecular complexity index is 602. The summed E-state index contributed by atoms with van der Waals surface area (Å²) in [6.07, 6.45) is 4.46. The summed E-state index contributed by atoms with van der Waals surface area (Å²) in [4.78, 5) is 18.4. The second-order valence-electron chi connectivity index (χ2n) is 7.78. The van der Waals surface area contributed by atoms with Crippen molar-refractivity contribution in [1.82, 2.24) is 15.5 Å². The molecule has 0 heterocycles. The molecule has 1 aromatic rings. The van der Waals surface area contributed by atoms with Gasteiger partial charge in [0.25, 0.3) is 5.91 Å². The normalized spacial score (nSPS) is 12.3. The number of benzene rings is 1. The molecule has 1 aromatic carbocycles. The van der Waals surface area contributed by atoms with Crippen molar-refractivity contribution in [2.75, 3.05) is 27.2 Å². The maximum atomic E-state index is 12.1. The van der Waals surface area contributed by atoms with Gasteiger partial charge >= 0.3 is 0 Å². The lowest BCUT2D eigenvalue weighted by Gasteiger charge is -2.18. The van der Waals surface area contributed by atoms with Gasteiger partial charge in [0.15, 0.2) is 5.96 Å². The molecule has 0 aliphatic rings. The zero-order valence-electron chi connectivity index (χ0n) is 18.4.